The lowest BCUT2D eigenvalue weighted by molar-refractivity contribution is -0.159. The molecule has 0 aliphatic heterocycles. The van der Waals surface area contributed by atoms with Gasteiger partial charge in [-0.15, -0.1) is 0 Å². The molecule has 0 saturated heterocycles. The lowest BCUT2D eigenvalue weighted by Gasteiger charge is -2.25. The van der Waals surface area contributed by atoms with Crippen molar-refractivity contribution in [2.75, 3.05) is 20.5 Å². The van der Waals surface area contributed by atoms with E-state index in [4.69, 9.17) is 21.1 Å². The maximum Gasteiger partial charge on any atom is 0.320 e. The molecule has 170 valence electrons. The number of fused-ring (bicyclic) bond motifs is 1. The summed E-state index contributed by atoms with van der Waals surface area (Å²) in [5, 5.41) is 0.115. The highest BCUT2D eigenvalue weighted by Gasteiger charge is 2.36. The Kier molecular flexibility index (Phi) is 7.46. The molecule has 2 aromatic rings. The largest absolute Gasteiger partial charge is 0.468 e. The Bertz CT molecular complexity index is 1100. The highest BCUT2D eigenvalue weighted by molar-refractivity contribution is 7.84. The monoisotopic (exact) mass is 480 g/mol. The van der Waals surface area contributed by atoms with Gasteiger partial charge in [-0.25, -0.2) is 4.39 Å². The molecular weight excluding hydrogens is 459 g/mol. The topological polar surface area (TPSA) is 86.7 Å². The highest BCUT2D eigenvalue weighted by Crippen LogP contribution is 2.41. The second kappa shape index (κ2) is 9.92. The number of Topliss-reactive ketones (excluding diaryl/α,β-unsaturated/α-hetero) is 1. The standard InChI is InChI=1S/C23H22ClFO6S/c1-30-22(27)17(23(28)31-2)11-16(14-5-4-12(25)10-18(14)24)13-7-9-20(32(3)29)21-15(13)6-8-19(21)26/h4-5,7,9-10,16-17H,6,8,11H2,1-3H3. The number of carbonyl (C=O) groups is 3. The number of halogens is 2. The predicted octanol–water partition coefficient (Wildman–Crippen LogP) is 3.83. The number of carbonyl (C=O) groups excluding carboxylic acids is 3. The van der Waals surface area contributed by atoms with E-state index in [2.05, 4.69) is 0 Å². The van der Waals surface area contributed by atoms with Gasteiger partial charge in [0.15, 0.2) is 11.7 Å². The Morgan fingerprint density at radius 3 is 2.28 bits per heavy atom. The molecule has 0 saturated carbocycles. The Balaban J connectivity index is 2.22. The first-order valence-electron chi connectivity index (χ1n) is 9.82. The Morgan fingerprint density at radius 2 is 1.72 bits per heavy atom. The fourth-order valence-electron chi connectivity index (χ4n) is 4.16. The number of methoxy groups -OCH3 is 2. The molecule has 0 radical (unpaired) electrons. The number of hydrogen-bond donors (Lipinski definition) is 0. The molecule has 9 heteroatoms. The van der Waals surface area contributed by atoms with Crippen LogP contribution in [0.15, 0.2) is 35.2 Å². The van der Waals surface area contributed by atoms with Crippen LogP contribution in [-0.2, 0) is 36.3 Å². The van der Waals surface area contributed by atoms with E-state index < -0.39 is 40.4 Å². The first-order valence-corrected chi connectivity index (χ1v) is 11.8. The summed E-state index contributed by atoms with van der Waals surface area (Å²) >= 11 is 6.36. The van der Waals surface area contributed by atoms with Crippen LogP contribution in [0.4, 0.5) is 4.39 Å². The minimum Gasteiger partial charge on any atom is -0.468 e. The van der Waals surface area contributed by atoms with Crippen molar-refractivity contribution in [1.82, 2.24) is 0 Å². The third kappa shape index (κ3) is 4.61. The lowest BCUT2D eigenvalue weighted by Crippen LogP contribution is -2.29. The molecule has 0 bridgehead atoms. The second-order valence-corrected chi connectivity index (χ2v) is 9.19. The van der Waals surface area contributed by atoms with Crippen LogP contribution in [0.3, 0.4) is 0 Å². The van der Waals surface area contributed by atoms with Gasteiger partial charge in [0.2, 0.25) is 0 Å². The zero-order valence-electron chi connectivity index (χ0n) is 17.8. The van der Waals surface area contributed by atoms with Gasteiger partial charge in [0.25, 0.3) is 0 Å². The van der Waals surface area contributed by atoms with Crippen LogP contribution in [0.25, 0.3) is 0 Å². The van der Waals surface area contributed by atoms with E-state index in [0.29, 0.717) is 33.6 Å². The van der Waals surface area contributed by atoms with E-state index in [9.17, 15) is 23.0 Å². The van der Waals surface area contributed by atoms with E-state index in [0.717, 1.165) is 6.07 Å². The zero-order valence-corrected chi connectivity index (χ0v) is 19.3. The van der Waals surface area contributed by atoms with Gasteiger partial charge in [0.1, 0.15) is 5.82 Å². The fraction of sp³-hybridized carbons (Fsp3) is 0.348. The highest BCUT2D eigenvalue weighted by atomic mass is 35.5. The molecule has 0 N–H and O–H groups in total. The minimum atomic E-state index is -1.38. The van der Waals surface area contributed by atoms with Gasteiger partial charge >= 0.3 is 11.9 Å². The van der Waals surface area contributed by atoms with Crippen molar-refractivity contribution in [3.8, 4) is 0 Å². The van der Waals surface area contributed by atoms with Crippen LogP contribution in [0.5, 0.6) is 0 Å². The molecule has 0 fully saturated rings. The molecule has 3 rings (SSSR count). The predicted molar refractivity (Wildman–Crippen MR) is 117 cm³/mol. The normalized spacial score (nSPS) is 14.8. The summed E-state index contributed by atoms with van der Waals surface area (Å²) in [5.74, 6) is -4.12. The molecule has 2 aromatic carbocycles. The molecule has 0 heterocycles. The van der Waals surface area contributed by atoms with Crippen molar-refractivity contribution in [2.24, 2.45) is 5.92 Å². The molecule has 6 nitrogen and oxygen atoms in total. The summed E-state index contributed by atoms with van der Waals surface area (Å²) < 4.78 is 35.5. The van der Waals surface area contributed by atoms with Crippen molar-refractivity contribution in [2.45, 2.75) is 30.1 Å². The SMILES string of the molecule is COC(=O)C(CC(c1ccc(F)cc1Cl)c1ccc(S(C)=O)c2c1CCC2=O)C(=O)OC. The summed E-state index contributed by atoms with van der Waals surface area (Å²) in [6.07, 6.45) is 2.11. The summed E-state index contributed by atoms with van der Waals surface area (Å²) in [6, 6.07) is 7.22. The van der Waals surface area contributed by atoms with E-state index in [-0.39, 0.29) is 23.6 Å². The van der Waals surface area contributed by atoms with Crippen LogP contribution in [-0.4, -0.2) is 42.4 Å². The molecule has 0 amide bonds. The van der Waals surface area contributed by atoms with Crippen LogP contribution < -0.4 is 0 Å². The zero-order chi connectivity index (χ0) is 23.6. The number of hydrogen-bond acceptors (Lipinski definition) is 6. The van der Waals surface area contributed by atoms with Crippen molar-refractivity contribution in [1.29, 1.82) is 0 Å². The molecule has 32 heavy (non-hydrogen) atoms. The Labute approximate surface area is 192 Å². The minimum absolute atomic E-state index is 0.0696. The molecule has 1 aliphatic rings. The summed E-state index contributed by atoms with van der Waals surface area (Å²) in [5.41, 5.74) is 2.24. The number of ether oxygens (including phenoxy) is 2. The fourth-order valence-corrected chi connectivity index (χ4v) is 5.24. The maximum absolute atomic E-state index is 13.7. The van der Waals surface area contributed by atoms with E-state index >= 15 is 0 Å². The third-order valence-corrected chi connectivity index (χ3v) is 6.94. The molecular formula is C23H22ClFO6S. The first kappa shape index (κ1) is 24.1. The van der Waals surface area contributed by atoms with Crippen LogP contribution >= 0.6 is 11.6 Å². The number of ketones is 1. The Hall–Kier alpha value is -2.58. The summed E-state index contributed by atoms with van der Waals surface area (Å²) in [6.45, 7) is 0. The lowest BCUT2D eigenvalue weighted by atomic mass is 9.80. The van der Waals surface area contributed by atoms with Gasteiger partial charge in [0, 0.05) is 34.1 Å². The second-order valence-electron chi connectivity index (χ2n) is 7.44. The number of benzene rings is 2. The quantitative estimate of drug-likeness (QED) is 0.442. The van der Waals surface area contributed by atoms with Gasteiger partial charge in [0.05, 0.1) is 25.0 Å². The van der Waals surface area contributed by atoms with Crippen molar-refractivity contribution >= 4 is 40.1 Å². The van der Waals surface area contributed by atoms with E-state index in [1.165, 1.54) is 32.6 Å². The van der Waals surface area contributed by atoms with E-state index in [1.807, 2.05) is 0 Å². The van der Waals surface area contributed by atoms with Crippen LogP contribution in [0.1, 0.15) is 45.8 Å². The van der Waals surface area contributed by atoms with Gasteiger partial charge in [-0.3, -0.25) is 18.6 Å². The molecule has 2 atom stereocenters. The molecule has 1 aliphatic carbocycles. The smallest absolute Gasteiger partial charge is 0.320 e. The molecule has 0 aromatic heterocycles. The van der Waals surface area contributed by atoms with E-state index in [1.54, 1.807) is 12.1 Å². The van der Waals surface area contributed by atoms with Gasteiger partial charge in [-0.1, -0.05) is 23.7 Å². The third-order valence-electron chi connectivity index (χ3n) is 5.66. The molecule has 0 spiro atoms. The van der Waals surface area contributed by atoms with Crippen molar-refractivity contribution < 1.29 is 32.5 Å². The van der Waals surface area contributed by atoms with Crippen LogP contribution in [0, 0.1) is 11.7 Å². The summed E-state index contributed by atoms with van der Waals surface area (Å²) in [7, 11) is 0.955. The Morgan fingerprint density at radius 1 is 1.09 bits per heavy atom. The molecule has 2 unspecified atom stereocenters. The first-order chi connectivity index (χ1) is 15.2. The van der Waals surface area contributed by atoms with Crippen LogP contribution in [0.2, 0.25) is 5.02 Å². The maximum atomic E-state index is 13.7. The van der Waals surface area contributed by atoms with Gasteiger partial charge < -0.3 is 9.47 Å². The summed E-state index contributed by atoms with van der Waals surface area (Å²) in [4.78, 5) is 37.8. The number of esters is 2. The van der Waals surface area contributed by atoms with Crippen molar-refractivity contribution in [3.63, 3.8) is 0 Å². The average molecular weight is 481 g/mol. The number of rotatable bonds is 7. The van der Waals surface area contributed by atoms with Gasteiger partial charge in [-0.2, -0.15) is 0 Å². The van der Waals surface area contributed by atoms with Crippen molar-refractivity contribution in [3.05, 3.63) is 63.4 Å². The van der Waals surface area contributed by atoms with Gasteiger partial charge in [-0.05, 0) is 47.7 Å². The average Bonchev–Trinajstić information content (AvgIpc) is 3.15.